The Kier molecular flexibility index (Phi) is 5.95. The van der Waals surface area contributed by atoms with E-state index < -0.39 is 11.8 Å². The van der Waals surface area contributed by atoms with Gasteiger partial charge in [0.15, 0.2) is 0 Å². The summed E-state index contributed by atoms with van der Waals surface area (Å²) in [5.74, 6) is -1.71. The number of anilines is 1. The normalized spacial score (nSPS) is 10.7. The number of aryl methyl sites for hydroxylation is 1. The van der Waals surface area contributed by atoms with E-state index in [2.05, 4.69) is 15.8 Å². The monoisotopic (exact) mass is 363 g/mol. The lowest BCUT2D eigenvalue weighted by Gasteiger charge is -2.09. The Balaban J connectivity index is 2.01. The molecule has 2 rings (SSSR count). The Morgan fingerprint density at radius 1 is 1.00 bits per heavy atom. The fourth-order valence-corrected chi connectivity index (χ4v) is 2.40. The van der Waals surface area contributed by atoms with E-state index in [9.17, 15) is 9.59 Å². The van der Waals surface area contributed by atoms with Crippen molar-refractivity contribution in [2.75, 3.05) is 5.32 Å². The van der Waals surface area contributed by atoms with E-state index in [-0.39, 0.29) is 0 Å². The number of hydrogen-bond acceptors (Lipinski definition) is 3. The third-order valence-corrected chi connectivity index (χ3v) is 4.08. The topological polar surface area (TPSA) is 70.6 Å². The molecule has 0 heterocycles. The molecule has 2 N–H and O–H groups in total. The fraction of sp³-hybridized carbons (Fsp3) is 0.118. The molecular weight excluding hydrogens is 349 g/mol. The number of rotatable bonds is 3. The van der Waals surface area contributed by atoms with Crippen molar-refractivity contribution in [2.45, 2.75) is 13.8 Å². The van der Waals surface area contributed by atoms with E-state index in [0.717, 1.165) is 11.1 Å². The van der Waals surface area contributed by atoms with Gasteiger partial charge in [0, 0.05) is 11.3 Å². The smallest absolute Gasteiger partial charge is 0.317 e. The lowest BCUT2D eigenvalue weighted by Crippen LogP contribution is -2.32. The number of hydrazone groups is 1. The molecule has 0 saturated carbocycles. The fourth-order valence-electron chi connectivity index (χ4n) is 1.91. The molecule has 124 valence electrons. The molecule has 0 aromatic heterocycles. The molecule has 2 amide bonds. The van der Waals surface area contributed by atoms with Crippen LogP contribution >= 0.6 is 23.2 Å². The zero-order chi connectivity index (χ0) is 17.7. The van der Waals surface area contributed by atoms with E-state index in [1.807, 2.05) is 19.9 Å². The highest BCUT2D eigenvalue weighted by Crippen LogP contribution is 2.22. The van der Waals surface area contributed by atoms with Crippen molar-refractivity contribution in [3.63, 3.8) is 0 Å². The van der Waals surface area contributed by atoms with Gasteiger partial charge in [-0.25, -0.2) is 5.43 Å². The van der Waals surface area contributed by atoms with Gasteiger partial charge < -0.3 is 5.32 Å². The largest absolute Gasteiger partial charge is 0.329 e. The average molecular weight is 364 g/mol. The Bertz CT molecular complexity index is 799. The van der Waals surface area contributed by atoms with Gasteiger partial charge in [0.05, 0.1) is 16.3 Å². The Morgan fingerprint density at radius 2 is 1.62 bits per heavy atom. The lowest BCUT2D eigenvalue weighted by molar-refractivity contribution is -0.136. The van der Waals surface area contributed by atoms with Crippen LogP contribution in [0.15, 0.2) is 41.5 Å². The summed E-state index contributed by atoms with van der Waals surface area (Å²) < 4.78 is 0. The van der Waals surface area contributed by atoms with Crippen LogP contribution in [-0.2, 0) is 9.59 Å². The van der Waals surface area contributed by atoms with E-state index in [1.54, 1.807) is 30.3 Å². The van der Waals surface area contributed by atoms with Gasteiger partial charge in [0.2, 0.25) is 0 Å². The van der Waals surface area contributed by atoms with Crippen molar-refractivity contribution in [3.05, 3.63) is 63.1 Å². The first kappa shape index (κ1) is 18.0. The summed E-state index contributed by atoms with van der Waals surface area (Å²) in [4.78, 5) is 23.7. The summed E-state index contributed by atoms with van der Waals surface area (Å²) in [6.07, 6.45) is 1.29. The molecule has 2 aromatic rings. The number of benzene rings is 2. The molecule has 7 heteroatoms. The van der Waals surface area contributed by atoms with Crippen molar-refractivity contribution < 1.29 is 9.59 Å². The molecule has 0 atom stereocenters. The molecule has 5 nitrogen and oxygen atoms in total. The number of nitrogens with one attached hydrogen (secondary N) is 2. The third kappa shape index (κ3) is 4.34. The van der Waals surface area contributed by atoms with Crippen LogP contribution in [-0.4, -0.2) is 18.0 Å². The van der Waals surface area contributed by atoms with Gasteiger partial charge in [0.25, 0.3) is 0 Å². The molecule has 0 aliphatic carbocycles. The van der Waals surface area contributed by atoms with E-state index in [1.165, 1.54) is 6.21 Å². The molecule has 0 unspecified atom stereocenters. The standard InChI is InChI=1S/C17H15Cl2N3O2/c1-10-5-3-8-15(11(10)2)21-16(23)17(24)22-20-9-12-13(18)6-4-7-14(12)19/h3-9H,1-2H3,(H,21,23)(H,22,24)/b20-9+. The summed E-state index contributed by atoms with van der Waals surface area (Å²) in [5, 5.41) is 7.04. The second-order valence-corrected chi connectivity index (χ2v) is 5.85. The first-order valence-corrected chi connectivity index (χ1v) is 7.80. The second-order valence-electron chi connectivity index (χ2n) is 5.04. The Labute approximate surface area is 149 Å². The van der Waals surface area contributed by atoms with Crippen LogP contribution in [0.2, 0.25) is 10.0 Å². The van der Waals surface area contributed by atoms with Gasteiger partial charge in [-0.2, -0.15) is 5.10 Å². The van der Waals surface area contributed by atoms with Crippen LogP contribution in [0, 0.1) is 13.8 Å². The van der Waals surface area contributed by atoms with Gasteiger partial charge >= 0.3 is 11.8 Å². The maximum absolute atomic E-state index is 11.9. The first-order valence-electron chi connectivity index (χ1n) is 7.04. The van der Waals surface area contributed by atoms with Crippen molar-refractivity contribution in [3.8, 4) is 0 Å². The predicted octanol–water partition coefficient (Wildman–Crippen LogP) is 3.70. The van der Waals surface area contributed by atoms with Crippen LogP contribution in [0.25, 0.3) is 0 Å². The van der Waals surface area contributed by atoms with Gasteiger partial charge in [-0.1, -0.05) is 41.4 Å². The van der Waals surface area contributed by atoms with Crippen LogP contribution in [0.4, 0.5) is 5.69 Å². The van der Waals surface area contributed by atoms with Crippen molar-refractivity contribution in [2.24, 2.45) is 5.10 Å². The summed E-state index contributed by atoms with van der Waals surface area (Å²) >= 11 is 12.0. The second kappa shape index (κ2) is 7.95. The summed E-state index contributed by atoms with van der Waals surface area (Å²) in [6.45, 7) is 3.78. The highest BCUT2D eigenvalue weighted by Gasteiger charge is 2.14. The average Bonchev–Trinajstić information content (AvgIpc) is 2.54. The minimum atomic E-state index is -0.893. The summed E-state index contributed by atoms with van der Waals surface area (Å²) in [7, 11) is 0. The van der Waals surface area contributed by atoms with Crippen LogP contribution < -0.4 is 10.7 Å². The minimum absolute atomic E-state index is 0.389. The highest BCUT2D eigenvalue weighted by molar-refractivity contribution is 6.40. The summed E-state index contributed by atoms with van der Waals surface area (Å²) in [5.41, 5.74) is 5.08. The Morgan fingerprint density at radius 3 is 2.29 bits per heavy atom. The van der Waals surface area contributed by atoms with Gasteiger partial charge in [-0.05, 0) is 43.2 Å². The Hall–Kier alpha value is -2.37. The van der Waals surface area contributed by atoms with Crippen LogP contribution in [0.5, 0.6) is 0 Å². The van der Waals surface area contributed by atoms with Gasteiger partial charge in [-0.15, -0.1) is 0 Å². The number of nitrogens with zero attached hydrogens (tertiary/aromatic N) is 1. The van der Waals surface area contributed by atoms with E-state index >= 15 is 0 Å². The highest BCUT2D eigenvalue weighted by atomic mass is 35.5. The predicted molar refractivity (Wildman–Crippen MR) is 96.7 cm³/mol. The molecule has 0 aliphatic rings. The van der Waals surface area contributed by atoms with Gasteiger partial charge in [-0.3, -0.25) is 9.59 Å². The third-order valence-electron chi connectivity index (χ3n) is 3.42. The van der Waals surface area contributed by atoms with Crippen LogP contribution in [0.3, 0.4) is 0 Å². The maximum atomic E-state index is 11.9. The molecule has 2 aromatic carbocycles. The number of carbonyl (C=O) groups is 2. The van der Waals surface area contributed by atoms with Gasteiger partial charge in [0.1, 0.15) is 0 Å². The SMILES string of the molecule is Cc1cccc(NC(=O)C(=O)N/N=C/c2c(Cl)cccc2Cl)c1C. The molecule has 24 heavy (non-hydrogen) atoms. The quantitative estimate of drug-likeness (QED) is 0.495. The lowest BCUT2D eigenvalue weighted by atomic mass is 10.1. The van der Waals surface area contributed by atoms with Crippen molar-refractivity contribution >= 4 is 46.9 Å². The maximum Gasteiger partial charge on any atom is 0.329 e. The molecule has 0 radical (unpaired) electrons. The van der Waals surface area contributed by atoms with Crippen molar-refractivity contribution in [1.82, 2.24) is 5.43 Å². The van der Waals surface area contributed by atoms with Crippen LogP contribution in [0.1, 0.15) is 16.7 Å². The van der Waals surface area contributed by atoms with Crippen molar-refractivity contribution in [1.29, 1.82) is 0 Å². The molecular formula is C17H15Cl2N3O2. The molecule has 0 spiro atoms. The molecule has 0 saturated heterocycles. The minimum Gasteiger partial charge on any atom is -0.317 e. The zero-order valence-electron chi connectivity index (χ0n) is 13.1. The number of halogens is 2. The number of hydrogen-bond donors (Lipinski definition) is 2. The number of amides is 2. The zero-order valence-corrected chi connectivity index (χ0v) is 14.6. The first-order chi connectivity index (χ1) is 11.4. The number of carbonyl (C=O) groups excluding carboxylic acids is 2. The molecule has 0 bridgehead atoms. The molecule has 0 aliphatic heterocycles. The van der Waals surface area contributed by atoms with E-state index in [0.29, 0.717) is 21.3 Å². The summed E-state index contributed by atoms with van der Waals surface area (Å²) in [6, 6.07) is 10.4. The molecule has 0 fully saturated rings. The van der Waals surface area contributed by atoms with E-state index in [4.69, 9.17) is 23.2 Å².